The summed E-state index contributed by atoms with van der Waals surface area (Å²) in [7, 11) is 1.73. The summed E-state index contributed by atoms with van der Waals surface area (Å²) in [5, 5.41) is 2.72. The molecule has 2 amide bonds. The molecule has 0 radical (unpaired) electrons. The number of fused-ring (bicyclic) bond motifs is 1. The molecule has 0 bridgehead atoms. The second kappa shape index (κ2) is 5.37. The van der Waals surface area contributed by atoms with E-state index in [0.29, 0.717) is 24.9 Å². The molecule has 6 nitrogen and oxygen atoms in total. The lowest BCUT2D eigenvalue weighted by molar-refractivity contribution is -0.129. The average molecular weight is 316 g/mol. The number of nitrogens with one attached hydrogen (secondary N) is 1. The Morgan fingerprint density at radius 2 is 2.04 bits per heavy atom. The highest BCUT2D eigenvalue weighted by Crippen LogP contribution is 2.30. The van der Waals surface area contributed by atoms with Gasteiger partial charge in [0.15, 0.2) is 6.10 Å². The minimum absolute atomic E-state index is 0.0669. The van der Waals surface area contributed by atoms with Crippen molar-refractivity contribution >= 4 is 23.5 Å². The highest BCUT2D eigenvalue weighted by Gasteiger charge is 2.44. The van der Waals surface area contributed by atoms with E-state index in [1.165, 1.54) is 0 Å². The number of amides is 2. The Morgan fingerprint density at radius 3 is 2.70 bits per heavy atom. The molecular weight excluding hydrogens is 296 g/mol. The van der Waals surface area contributed by atoms with Crippen molar-refractivity contribution in [2.45, 2.75) is 32.8 Å². The summed E-state index contributed by atoms with van der Waals surface area (Å²) >= 11 is 0. The maximum Gasteiger partial charge on any atom is 0.338 e. The van der Waals surface area contributed by atoms with Crippen molar-refractivity contribution in [3.8, 4) is 0 Å². The summed E-state index contributed by atoms with van der Waals surface area (Å²) < 4.78 is 5.43. The van der Waals surface area contributed by atoms with E-state index in [0.717, 1.165) is 11.3 Å². The van der Waals surface area contributed by atoms with Crippen LogP contribution in [0.3, 0.4) is 0 Å². The van der Waals surface area contributed by atoms with E-state index in [1.807, 2.05) is 13.8 Å². The number of hydrogen-bond donors (Lipinski definition) is 1. The Kier molecular flexibility index (Phi) is 3.62. The molecule has 2 heterocycles. The third-order valence-electron chi connectivity index (χ3n) is 4.55. The Morgan fingerprint density at radius 1 is 1.30 bits per heavy atom. The summed E-state index contributed by atoms with van der Waals surface area (Å²) in [6.45, 7) is 4.26. The third-order valence-corrected chi connectivity index (χ3v) is 4.55. The molecule has 1 aromatic rings. The van der Waals surface area contributed by atoms with E-state index in [-0.39, 0.29) is 11.8 Å². The molecule has 1 atom stereocenters. The van der Waals surface area contributed by atoms with E-state index in [9.17, 15) is 14.4 Å². The number of aryl methyl sites for hydroxylation is 1. The molecule has 0 saturated carbocycles. The number of rotatable bonds is 2. The Balaban J connectivity index is 1.81. The molecule has 0 aromatic heterocycles. The van der Waals surface area contributed by atoms with Gasteiger partial charge in [-0.05, 0) is 30.2 Å². The molecule has 1 aromatic carbocycles. The number of benzene rings is 1. The van der Waals surface area contributed by atoms with Gasteiger partial charge in [-0.3, -0.25) is 9.59 Å². The van der Waals surface area contributed by atoms with E-state index in [4.69, 9.17) is 4.74 Å². The maximum absolute atomic E-state index is 12.4. The van der Waals surface area contributed by atoms with Gasteiger partial charge in [0.25, 0.3) is 5.91 Å². The van der Waals surface area contributed by atoms with Gasteiger partial charge in [-0.25, -0.2) is 4.79 Å². The zero-order chi connectivity index (χ0) is 16.8. The predicted octanol–water partition coefficient (Wildman–Crippen LogP) is 1.28. The van der Waals surface area contributed by atoms with Gasteiger partial charge < -0.3 is 15.0 Å². The first-order valence-electron chi connectivity index (χ1n) is 7.68. The van der Waals surface area contributed by atoms with E-state index in [2.05, 4.69) is 5.32 Å². The predicted molar refractivity (Wildman–Crippen MR) is 84.2 cm³/mol. The monoisotopic (exact) mass is 316 g/mol. The fourth-order valence-corrected chi connectivity index (χ4v) is 3.03. The van der Waals surface area contributed by atoms with Crippen LogP contribution in [-0.4, -0.2) is 37.5 Å². The van der Waals surface area contributed by atoms with Crippen LogP contribution in [0.25, 0.3) is 0 Å². The van der Waals surface area contributed by atoms with Gasteiger partial charge in [0, 0.05) is 31.1 Å². The van der Waals surface area contributed by atoms with Crippen LogP contribution in [0.15, 0.2) is 18.2 Å². The highest BCUT2D eigenvalue weighted by atomic mass is 16.5. The van der Waals surface area contributed by atoms with Gasteiger partial charge in [0.05, 0.1) is 5.56 Å². The normalized spacial score (nSPS) is 22.6. The van der Waals surface area contributed by atoms with Gasteiger partial charge in [-0.15, -0.1) is 0 Å². The number of esters is 1. The van der Waals surface area contributed by atoms with Gasteiger partial charge >= 0.3 is 5.97 Å². The molecule has 3 rings (SSSR count). The van der Waals surface area contributed by atoms with E-state index >= 15 is 0 Å². The van der Waals surface area contributed by atoms with Crippen molar-refractivity contribution < 1.29 is 19.1 Å². The SMILES string of the molecule is CN1C(=O)CCc2cc(C(=O)OC3C(=O)NCC3(C)C)ccc21. The number of nitrogens with zero attached hydrogens (tertiary/aromatic N) is 1. The number of carbonyl (C=O) groups is 3. The molecule has 1 unspecified atom stereocenters. The van der Waals surface area contributed by atoms with Crippen LogP contribution >= 0.6 is 0 Å². The second-order valence-corrected chi connectivity index (χ2v) is 6.79. The molecule has 0 spiro atoms. The van der Waals surface area contributed by atoms with Crippen LogP contribution in [0.5, 0.6) is 0 Å². The number of hydrogen-bond acceptors (Lipinski definition) is 4. The zero-order valence-corrected chi connectivity index (χ0v) is 13.5. The van der Waals surface area contributed by atoms with Crippen LogP contribution in [0.1, 0.15) is 36.2 Å². The molecule has 1 fully saturated rings. The minimum Gasteiger partial charge on any atom is -0.448 e. The van der Waals surface area contributed by atoms with Crippen LogP contribution in [0, 0.1) is 5.41 Å². The van der Waals surface area contributed by atoms with Gasteiger partial charge in [0.2, 0.25) is 5.91 Å². The van der Waals surface area contributed by atoms with Gasteiger partial charge in [-0.1, -0.05) is 13.8 Å². The smallest absolute Gasteiger partial charge is 0.338 e. The fraction of sp³-hybridized carbons (Fsp3) is 0.471. The lowest BCUT2D eigenvalue weighted by Crippen LogP contribution is -2.35. The molecule has 23 heavy (non-hydrogen) atoms. The topological polar surface area (TPSA) is 75.7 Å². The largest absolute Gasteiger partial charge is 0.448 e. The Bertz CT molecular complexity index is 696. The van der Waals surface area contributed by atoms with Crippen LogP contribution in [0.4, 0.5) is 5.69 Å². The highest BCUT2D eigenvalue weighted by molar-refractivity contribution is 5.98. The Labute approximate surface area is 134 Å². The number of ether oxygens (including phenoxy) is 1. The van der Waals surface area contributed by atoms with Crippen molar-refractivity contribution in [3.05, 3.63) is 29.3 Å². The summed E-state index contributed by atoms with van der Waals surface area (Å²) in [5.41, 5.74) is 1.74. The van der Waals surface area contributed by atoms with Gasteiger partial charge in [0.1, 0.15) is 0 Å². The molecule has 2 aliphatic rings. The summed E-state index contributed by atoms with van der Waals surface area (Å²) in [6, 6.07) is 5.14. The standard InChI is InChI=1S/C17H20N2O4/c1-17(2)9-18-15(21)14(17)23-16(22)11-4-6-12-10(8-11)5-7-13(20)19(12)3/h4,6,8,14H,5,7,9H2,1-3H3,(H,18,21). The molecule has 1 N–H and O–H groups in total. The summed E-state index contributed by atoms with van der Waals surface area (Å²) in [4.78, 5) is 37.5. The molecule has 6 heteroatoms. The second-order valence-electron chi connectivity index (χ2n) is 6.79. The van der Waals surface area contributed by atoms with Crippen LogP contribution in [0.2, 0.25) is 0 Å². The van der Waals surface area contributed by atoms with Crippen molar-refractivity contribution in [3.63, 3.8) is 0 Å². The fourth-order valence-electron chi connectivity index (χ4n) is 3.03. The van der Waals surface area contributed by atoms with Crippen LogP contribution in [-0.2, 0) is 20.7 Å². The zero-order valence-electron chi connectivity index (χ0n) is 13.5. The minimum atomic E-state index is -0.782. The van der Waals surface area contributed by atoms with E-state index < -0.39 is 17.5 Å². The molecular formula is C17H20N2O4. The lowest BCUT2D eigenvalue weighted by atomic mass is 9.89. The van der Waals surface area contributed by atoms with Crippen LogP contribution < -0.4 is 10.2 Å². The summed E-state index contributed by atoms with van der Waals surface area (Å²) in [6.07, 6.45) is 0.255. The first-order chi connectivity index (χ1) is 10.8. The first kappa shape index (κ1) is 15.5. The number of anilines is 1. The van der Waals surface area contributed by atoms with E-state index in [1.54, 1.807) is 30.1 Å². The number of carbonyl (C=O) groups excluding carboxylic acids is 3. The molecule has 0 aliphatic carbocycles. The van der Waals surface area contributed by atoms with Crippen molar-refractivity contribution in [1.82, 2.24) is 5.32 Å². The molecule has 1 saturated heterocycles. The maximum atomic E-state index is 12.4. The van der Waals surface area contributed by atoms with Crippen molar-refractivity contribution in [2.75, 3.05) is 18.5 Å². The average Bonchev–Trinajstić information content (AvgIpc) is 2.77. The van der Waals surface area contributed by atoms with Gasteiger partial charge in [-0.2, -0.15) is 0 Å². The van der Waals surface area contributed by atoms with Crippen molar-refractivity contribution in [1.29, 1.82) is 0 Å². The molecule has 122 valence electrons. The third kappa shape index (κ3) is 2.69. The quantitative estimate of drug-likeness (QED) is 0.834. The molecule has 2 aliphatic heterocycles. The first-order valence-corrected chi connectivity index (χ1v) is 7.68. The summed E-state index contributed by atoms with van der Waals surface area (Å²) in [5.74, 6) is -0.702. The lowest BCUT2D eigenvalue weighted by Gasteiger charge is -2.26. The van der Waals surface area contributed by atoms with Crippen molar-refractivity contribution in [2.24, 2.45) is 5.41 Å². The Hall–Kier alpha value is -2.37.